The lowest BCUT2D eigenvalue weighted by atomic mass is 10.0. The lowest BCUT2D eigenvalue weighted by Gasteiger charge is -2.12. The van der Waals surface area contributed by atoms with Crippen molar-refractivity contribution in [3.63, 3.8) is 0 Å². The van der Waals surface area contributed by atoms with Crippen molar-refractivity contribution in [2.24, 2.45) is 0 Å². The summed E-state index contributed by atoms with van der Waals surface area (Å²) in [6.07, 6.45) is -0.100. The van der Waals surface area contributed by atoms with Crippen molar-refractivity contribution < 1.29 is 14.6 Å². The Morgan fingerprint density at radius 2 is 1.74 bits per heavy atom. The first-order chi connectivity index (χ1) is 9.06. The van der Waals surface area contributed by atoms with E-state index in [-0.39, 0.29) is 17.2 Å². The maximum Gasteiger partial charge on any atom is 0.145 e. The second-order valence-electron chi connectivity index (χ2n) is 4.44. The van der Waals surface area contributed by atoms with Crippen molar-refractivity contribution in [2.45, 2.75) is 18.9 Å². The SMILES string of the molecule is Oc1ccc(CC(O)Cc2cccc(Cl)c2F)cc1. The Balaban J connectivity index is 2.03. The van der Waals surface area contributed by atoms with Gasteiger partial charge in [-0.25, -0.2) is 4.39 Å². The van der Waals surface area contributed by atoms with Crippen LogP contribution in [-0.4, -0.2) is 16.3 Å². The van der Waals surface area contributed by atoms with Crippen LogP contribution in [0.1, 0.15) is 11.1 Å². The molecule has 0 amide bonds. The third kappa shape index (κ3) is 3.69. The third-order valence-electron chi connectivity index (χ3n) is 2.89. The van der Waals surface area contributed by atoms with E-state index in [1.54, 1.807) is 36.4 Å². The van der Waals surface area contributed by atoms with Crippen molar-refractivity contribution in [3.05, 3.63) is 64.4 Å². The van der Waals surface area contributed by atoms with E-state index in [0.29, 0.717) is 12.0 Å². The molecule has 1 unspecified atom stereocenters. The van der Waals surface area contributed by atoms with E-state index in [9.17, 15) is 9.50 Å². The molecule has 0 aromatic heterocycles. The molecule has 4 heteroatoms. The zero-order chi connectivity index (χ0) is 13.8. The van der Waals surface area contributed by atoms with E-state index in [1.165, 1.54) is 6.07 Å². The third-order valence-corrected chi connectivity index (χ3v) is 3.19. The van der Waals surface area contributed by atoms with Gasteiger partial charge in [-0.3, -0.25) is 0 Å². The van der Waals surface area contributed by atoms with Gasteiger partial charge in [-0.2, -0.15) is 0 Å². The van der Waals surface area contributed by atoms with E-state index in [0.717, 1.165) is 5.56 Å². The Morgan fingerprint density at radius 1 is 1.05 bits per heavy atom. The molecular weight excluding hydrogens is 267 g/mol. The zero-order valence-corrected chi connectivity index (χ0v) is 10.9. The van der Waals surface area contributed by atoms with Crippen LogP contribution in [0.15, 0.2) is 42.5 Å². The Bertz CT molecular complexity index is 555. The van der Waals surface area contributed by atoms with Gasteiger partial charge in [0.1, 0.15) is 11.6 Å². The average molecular weight is 281 g/mol. The number of phenolic OH excluding ortho intramolecular Hbond substituents is 1. The van der Waals surface area contributed by atoms with Crippen LogP contribution in [0.4, 0.5) is 4.39 Å². The highest BCUT2D eigenvalue weighted by atomic mass is 35.5. The summed E-state index contributed by atoms with van der Waals surface area (Å²) in [5.74, 6) is -0.298. The normalized spacial score (nSPS) is 12.4. The summed E-state index contributed by atoms with van der Waals surface area (Å²) >= 11 is 5.69. The molecule has 2 N–H and O–H groups in total. The van der Waals surface area contributed by atoms with Crippen molar-refractivity contribution in [1.82, 2.24) is 0 Å². The number of rotatable bonds is 4. The quantitative estimate of drug-likeness (QED) is 0.902. The molecular formula is C15H14ClFO2. The Morgan fingerprint density at radius 3 is 2.42 bits per heavy atom. The van der Waals surface area contributed by atoms with Crippen molar-refractivity contribution in [2.75, 3.05) is 0 Å². The Labute approximate surface area is 116 Å². The van der Waals surface area contributed by atoms with Gasteiger partial charge in [0.25, 0.3) is 0 Å². The molecule has 0 bridgehead atoms. The second-order valence-corrected chi connectivity index (χ2v) is 4.85. The number of benzene rings is 2. The van der Waals surface area contributed by atoms with Gasteiger partial charge in [0, 0.05) is 6.42 Å². The van der Waals surface area contributed by atoms with Crippen LogP contribution in [0.2, 0.25) is 5.02 Å². The highest BCUT2D eigenvalue weighted by Gasteiger charge is 2.12. The maximum absolute atomic E-state index is 13.7. The van der Waals surface area contributed by atoms with Crippen molar-refractivity contribution in [1.29, 1.82) is 0 Å². The fraction of sp³-hybridized carbons (Fsp3) is 0.200. The lowest BCUT2D eigenvalue weighted by molar-refractivity contribution is 0.174. The largest absolute Gasteiger partial charge is 0.508 e. The minimum Gasteiger partial charge on any atom is -0.508 e. The number of hydrogen-bond acceptors (Lipinski definition) is 2. The first kappa shape index (κ1) is 13.8. The molecule has 0 saturated heterocycles. The predicted octanol–water partition coefficient (Wildman–Crippen LogP) is 3.33. The molecule has 100 valence electrons. The number of aliphatic hydroxyl groups excluding tert-OH is 1. The summed E-state index contributed by atoms with van der Waals surface area (Å²) in [5.41, 5.74) is 1.28. The van der Waals surface area contributed by atoms with Crippen LogP contribution < -0.4 is 0 Å². The minimum absolute atomic E-state index is 0.0642. The molecule has 0 spiro atoms. The predicted molar refractivity (Wildman–Crippen MR) is 72.9 cm³/mol. The molecule has 19 heavy (non-hydrogen) atoms. The van der Waals surface area contributed by atoms with Crippen LogP contribution in [0.3, 0.4) is 0 Å². The molecule has 0 aliphatic carbocycles. The number of aliphatic hydroxyl groups is 1. The smallest absolute Gasteiger partial charge is 0.145 e. The average Bonchev–Trinajstić information content (AvgIpc) is 2.38. The molecule has 2 rings (SSSR count). The van der Waals surface area contributed by atoms with Gasteiger partial charge in [0.05, 0.1) is 11.1 Å². The van der Waals surface area contributed by atoms with E-state index in [1.807, 2.05) is 0 Å². The van der Waals surface area contributed by atoms with Crippen molar-refractivity contribution >= 4 is 11.6 Å². The van der Waals surface area contributed by atoms with E-state index < -0.39 is 11.9 Å². The highest BCUT2D eigenvalue weighted by molar-refractivity contribution is 6.30. The van der Waals surface area contributed by atoms with E-state index in [4.69, 9.17) is 16.7 Å². The first-order valence-electron chi connectivity index (χ1n) is 5.95. The molecule has 0 radical (unpaired) electrons. The summed E-state index contributed by atoms with van der Waals surface area (Å²) in [5, 5.41) is 19.2. The number of phenols is 1. The summed E-state index contributed by atoms with van der Waals surface area (Å²) in [6.45, 7) is 0. The number of hydrogen-bond donors (Lipinski definition) is 2. The lowest BCUT2D eigenvalue weighted by Crippen LogP contribution is -2.14. The topological polar surface area (TPSA) is 40.5 Å². The molecule has 0 heterocycles. The molecule has 0 aliphatic rings. The van der Waals surface area contributed by atoms with E-state index in [2.05, 4.69) is 0 Å². The monoisotopic (exact) mass is 280 g/mol. The summed E-state index contributed by atoms with van der Waals surface area (Å²) in [7, 11) is 0. The molecule has 2 nitrogen and oxygen atoms in total. The van der Waals surface area contributed by atoms with Gasteiger partial charge in [-0.15, -0.1) is 0 Å². The molecule has 0 saturated carbocycles. The molecule has 0 aliphatic heterocycles. The number of aromatic hydroxyl groups is 1. The van der Waals surface area contributed by atoms with Gasteiger partial charge >= 0.3 is 0 Å². The van der Waals surface area contributed by atoms with Crippen LogP contribution >= 0.6 is 11.6 Å². The van der Waals surface area contributed by atoms with Crippen LogP contribution in [0.5, 0.6) is 5.75 Å². The minimum atomic E-state index is -0.697. The zero-order valence-electron chi connectivity index (χ0n) is 10.2. The number of halogens is 2. The molecule has 2 aromatic carbocycles. The summed E-state index contributed by atoms with van der Waals surface area (Å²) in [4.78, 5) is 0. The Kier molecular flexibility index (Phi) is 4.40. The van der Waals surface area contributed by atoms with E-state index >= 15 is 0 Å². The molecule has 1 atom stereocenters. The molecule has 0 fully saturated rings. The standard InChI is InChI=1S/C15H14ClFO2/c16-14-3-1-2-11(15(14)17)9-13(19)8-10-4-6-12(18)7-5-10/h1-7,13,18-19H,8-9H2. The van der Waals surface area contributed by atoms with Gasteiger partial charge in [0.15, 0.2) is 0 Å². The first-order valence-corrected chi connectivity index (χ1v) is 6.33. The highest BCUT2D eigenvalue weighted by Crippen LogP contribution is 2.20. The molecule has 2 aromatic rings. The van der Waals surface area contributed by atoms with Gasteiger partial charge in [-0.05, 0) is 35.7 Å². The Hall–Kier alpha value is -1.58. The van der Waals surface area contributed by atoms with Crippen LogP contribution in [-0.2, 0) is 12.8 Å². The van der Waals surface area contributed by atoms with Crippen LogP contribution in [0.25, 0.3) is 0 Å². The fourth-order valence-corrected chi connectivity index (χ4v) is 2.13. The summed E-state index contributed by atoms with van der Waals surface area (Å²) < 4.78 is 13.7. The second kappa shape index (κ2) is 6.04. The summed E-state index contributed by atoms with van der Waals surface area (Å²) in [6, 6.07) is 11.3. The van der Waals surface area contributed by atoms with Gasteiger partial charge < -0.3 is 10.2 Å². The van der Waals surface area contributed by atoms with Gasteiger partial charge in [0.2, 0.25) is 0 Å². The van der Waals surface area contributed by atoms with Gasteiger partial charge in [-0.1, -0.05) is 35.9 Å². The maximum atomic E-state index is 13.7. The fourth-order valence-electron chi connectivity index (χ4n) is 1.94. The van der Waals surface area contributed by atoms with Crippen molar-refractivity contribution in [3.8, 4) is 5.75 Å². The van der Waals surface area contributed by atoms with Crippen LogP contribution in [0, 0.1) is 5.82 Å².